The van der Waals surface area contributed by atoms with E-state index in [0.717, 1.165) is 58.0 Å². The first kappa shape index (κ1) is 14.2. The van der Waals surface area contributed by atoms with Gasteiger partial charge in [-0.25, -0.2) is 4.79 Å². The van der Waals surface area contributed by atoms with Gasteiger partial charge >= 0.3 is 12.0 Å². The number of hydrogen-bond donors (Lipinski definition) is 2. The van der Waals surface area contributed by atoms with E-state index >= 15 is 0 Å². The summed E-state index contributed by atoms with van der Waals surface area (Å²) in [6.07, 6.45) is 8.08. The molecule has 2 N–H and O–H groups in total. The van der Waals surface area contributed by atoms with Gasteiger partial charge in [0.15, 0.2) is 0 Å². The van der Waals surface area contributed by atoms with E-state index in [4.69, 9.17) is 5.11 Å². The number of urea groups is 1. The van der Waals surface area contributed by atoms with Crippen LogP contribution in [-0.4, -0.2) is 40.6 Å². The predicted molar refractivity (Wildman–Crippen MR) is 72.0 cm³/mol. The summed E-state index contributed by atoms with van der Waals surface area (Å²) in [5, 5.41) is 12.1. The van der Waals surface area contributed by atoms with Gasteiger partial charge in [-0.15, -0.1) is 0 Å². The normalized spacial score (nSPS) is 22.8. The van der Waals surface area contributed by atoms with Gasteiger partial charge in [-0.3, -0.25) is 4.79 Å². The lowest BCUT2D eigenvalue weighted by molar-refractivity contribution is -0.139. The van der Waals surface area contributed by atoms with Gasteiger partial charge < -0.3 is 15.3 Å². The zero-order chi connectivity index (χ0) is 13.7. The highest BCUT2D eigenvalue weighted by molar-refractivity contribution is 5.77. The molecule has 108 valence electrons. The molecule has 1 heterocycles. The van der Waals surface area contributed by atoms with Crippen molar-refractivity contribution in [2.75, 3.05) is 13.1 Å². The number of hydrogen-bond acceptors (Lipinski definition) is 2. The zero-order valence-electron chi connectivity index (χ0n) is 11.5. The topological polar surface area (TPSA) is 69.6 Å². The number of carboxylic acid groups (broad SMARTS) is 1. The molecule has 1 aliphatic heterocycles. The van der Waals surface area contributed by atoms with Crippen molar-refractivity contribution >= 4 is 12.0 Å². The summed E-state index contributed by atoms with van der Waals surface area (Å²) in [6.45, 7) is 1.60. The Morgan fingerprint density at radius 2 is 1.58 bits per heavy atom. The number of piperidine rings is 1. The standard InChI is InChI=1S/C14H24N2O3/c17-12(18)11-14(7-3-1-4-8-14)15-13(19)16-9-5-2-6-10-16/h1-11H2,(H,15,19)(H,17,18). The van der Waals surface area contributed by atoms with Crippen molar-refractivity contribution in [1.82, 2.24) is 10.2 Å². The number of carbonyl (C=O) groups excluding carboxylic acids is 1. The second kappa shape index (κ2) is 6.26. The number of nitrogens with one attached hydrogen (secondary N) is 1. The van der Waals surface area contributed by atoms with E-state index in [2.05, 4.69) is 5.32 Å². The predicted octanol–water partition coefficient (Wildman–Crippen LogP) is 2.36. The van der Waals surface area contributed by atoms with Gasteiger partial charge in [-0.05, 0) is 32.1 Å². The molecule has 19 heavy (non-hydrogen) atoms. The van der Waals surface area contributed by atoms with Crippen LogP contribution in [0.1, 0.15) is 57.8 Å². The van der Waals surface area contributed by atoms with Crippen molar-refractivity contribution in [3.05, 3.63) is 0 Å². The number of nitrogens with zero attached hydrogens (tertiary/aromatic N) is 1. The monoisotopic (exact) mass is 268 g/mol. The Labute approximate surface area is 114 Å². The summed E-state index contributed by atoms with van der Waals surface area (Å²) >= 11 is 0. The first-order valence-corrected chi connectivity index (χ1v) is 7.40. The summed E-state index contributed by atoms with van der Waals surface area (Å²) < 4.78 is 0. The van der Waals surface area contributed by atoms with Crippen LogP contribution in [0.5, 0.6) is 0 Å². The number of amides is 2. The molecule has 0 bridgehead atoms. The third-order valence-corrected chi connectivity index (χ3v) is 4.32. The fraction of sp³-hybridized carbons (Fsp3) is 0.857. The van der Waals surface area contributed by atoms with E-state index in [1.54, 1.807) is 0 Å². The van der Waals surface area contributed by atoms with Crippen LogP contribution >= 0.6 is 0 Å². The van der Waals surface area contributed by atoms with E-state index in [1.165, 1.54) is 6.42 Å². The molecule has 2 fully saturated rings. The molecule has 2 amide bonds. The minimum absolute atomic E-state index is 0.0482. The highest BCUT2D eigenvalue weighted by atomic mass is 16.4. The molecule has 1 saturated carbocycles. The largest absolute Gasteiger partial charge is 0.481 e. The second-order valence-corrected chi connectivity index (χ2v) is 5.89. The average molecular weight is 268 g/mol. The molecule has 1 saturated heterocycles. The maximum atomic E-state index is 12.3. The number of aliphatic carboxylic acids is 1. The van der Waals surface area contributed by atoms with Crippen LogP contribution in [0.3, 0.4) is 0 Å². The Morgan fingerprint density at radius 3 is 2.16 bits per heavy atom. The highest BCUT2D eigenvalue weighted by Crippen LogP contribution is 2.31. The van der Waals surface area contributed by atoms with Gasteiger partial charge in [0.1, 0.15) is 0 Å². The number of carbonyl (C=O) groups is 2. The number of likely N-dealkylation sites (tertiary alicyclic amines) is 1. The van der Waals surface area contributed by atoms with Crippen LogP contribution in [0, 0.1) is 0 Å². The minimum atomic E-state index is -0.819. The molecule has 1 aliphatic carbocycles. The molecule has 0 unspecified atom stereocenters. The summed E-state index contributed by atoms with van der Waals surface area (Å²) in [5.74, 6) is -0.819. The zero-order valence-corrected chi connectivity index (χ0v) is 11.5. The molecule has 0 aromatic carbocycles. The molecule has 5 nitrogen and oxygen atoms in total. The van der Waals surface area contributed by atoms with Gasteiger partial charge in [-0.1, -0.05) is 19.3 Å². The van der Waals surface area contributed by atoms with Crippen LogP contribution < -0.4 is 5.32 Å². The first-order chi connectivity index (χ1) is 9.11. The van der Waals surface area contributed by atoms with Gasteiger partial charge in [0.05, 0.1) is 12.0 Å². The molecular formula is C14H24N2O3. The number of carboxylic acids is 1. The maximum absolute atomic E-state index is 12.3. The Morgan fingerprint density at radius 1 is 1.00 bits per heavy atom. The third-order valence-electron chi connectivity index (χ3n) is 4.32. The summed E-state index contributed by atoms with van der Waals surface area (Å²) in [7, 11) is 0. The van der Waals surface area contributed by atoms with Crippen LogP contribution in [0.2, 0.25) is 0 Å². The third kappa shape index (κ3) is 3.85. The van der Waals surface area contributed by atoms with Crippen molar-refractivity contribution in [2.45, 2.75) is 63.3 Å². The van der Waals surface area contributed by atoms with Crippen LogP contribution in [0.25, 0.3) is 0 Å². The Balaban J connectivity index is 1.98. The molecule has 5 heteroatoms. The summed E-state index contributed by atoms with van der Waals surface area (Å²) in [5.41, 5.74) is -0.515. The Bertz CT molecular complexity index is 332. The Kier molecular flexibility index (Phi) is 4.66. The van der Waals surface area contributed by atoms with E-state index in [0.29, 0.717) is 0 Å². The minimum Gasteiger partial charge on any atom is -0.481 e. The fourth-order valence-electron chi connectivity index (χ4n) is 3.27. The molecule has 0 spiro atoms. The molecule has 2 aliphatic rings. The van der Waals surface area contributed by atoms with Crippen molar-refractivity contribution in [3.63, 3.8) is 0 Å². The van der Waals surface area contributed by atoms with Crippen LogP contribution in [0.15, 0.2) is 0 Å². The van der Waals surface area contributed by atoms with Crippen molar-refractivity contribution in [1.29, 1.82) is 0 Å². The lowest BCUT2D eigenvalue weighted by Gasteiger charge is -2.39. The second-order valence-electron chi connectivity index (χ2n) is 5.89. The molecule has 0 radical (unpaired) electrons. The van der Waals surface area contributed by atoms with Gasteiger partial charge in [0.25, 0.3) is 0 Å². The fourth-order valence-corrected chi connectivity index (χ4v) is 3.27. The molecule has 0 aromatic heterocycles. The van der Waals surface area contributed by atoms with Crippen molar-refractivity contribution in [2.24, 2.45) is 0 Å². The molecular weight excluding hydrogens is 244 g/mol. The maximum Gasteiger partial charge on any atom is 0.317 e. The lowest BCUT2D eigenvalue weighted by atomic mass is 9.79. The van der Waals surface area contributed by atoms with Crippen molar-refractivity contribution in [3.8, 4) is 0 Å². The van der Waals surface area contributed by atoms with Crippen LogP contribution in [0.4, 0.5) is 4.79 Å². The Hall–Kier alpha value is -1.26. The summed E-state index contributed by atoms with van der Waals surface area (Å²) in [4.78, 5) is 25.2. The molecule has 0 aromatic rings. The van der Waals surface area contributed by atoms with Crippen molar-refractivity contribution < 1.29 is 14.7 Å². The van der Waals surface area contributed by atoms with E-state index < -0.39 is 11.5 Å². The molecule has 2 rings (SSSR count). The number of rotatable bonds is 3. The quantitative estimate of drug-likeness (QED) is 0.825. The van der Waals surface area contributed by atoms with Gasteiger partial charge in [0.2, 0.25) is 0 Å². The SMILES string of the molecule is O=C(O)CC1(NC(=O)N2CCCCC2)CCCCC1. The lowest BCUT2D eigenvalue weighted by Crippen LogP contribution is -2.55. The van der Waals surface area contributed by atoms with Gasteiger partial charge in [0, 0.05) is 13.1 Å². The highest BCUT2D eigenvalue weighted by Gasteiger charge is 2.37. The molecule has 0 atom stereocenters. The van der Waals surface area contributed by atoms with Gasteiger partial charge in [-0.2, -0.15) is 0 Å². The van der Waals surface area contributed by atoms with Crippen LogP contribution in [-0.2, 0) is 4.79 Å². The van der Waals surface area contributed by atoms with E-state index in [-0.39, 0.29) is 12.5 Å². The average Bonchev–Trinajstić information content (AvgIpc) is 2.39. The van der Waals surface area contributed by atoms with E-state index in [9.17, 15) is 9.59 Å². The smallest absolute Gasteiger partial charge is 0.317 e. The summed E-state index contributed by atoms with van der Waals surface area (Å²) in [6, 6.07) is -0.0668. The first-order valence-electron chi connectivity index (χ1n) is 7.40. The van der Waals surface area contributed by atoms with E-state index in [1.807, 2.05) is 4.90 Å².